The van der Waals surface area contributed by atoms with Crippen LogP contribution in [-0.2, 0) is 10.0 Å². The maximum Gasteiger partial charge on any atom is 0.291 e. The molecule has 7 nitrogen and oxygen atoms in total. The first-order valence-corrected chi connectivity index (χ1v) is 11.4. The number of hydrogen-bond acceptors (Lipinski definition) is 5. The monoisotopic (exact) mass is 448 g/mol. The largest absolute Gasteiger partial charge is 0.495 e. The summed E-state index contributed by atoms with van der Waals surface area (Å²) < 4.78 is 38.6. The molecule has 2 heterocycles. The third kappa shape index (κ3) is 4.03. The molecule has 1 aliphatic heterocycles. The van der Waals surface area contributed by atoms with Crippen LogP contribution < -0.4 is 10.1 Å². The van der Waals surface area contributed by atoms with Crippen molar-refractivity contribution in [3.05, 3.63) is 53.2 Å². The van der Waals surface area contributed by atoms with Gasteiger partial charge in [-0.05, 0) is 55.3 Å². The molecule has 2 aromatic carbocycles. The lowest BCUT2D eigenvalue weighted by molar-refractivity contribution is 0.0998. The van der Waals surface area contributed by atoms with E-state index in [1.54, 1.807) is 30.3 Å². The zero-order chi connectivity index (χ0) is 21.3. The highest BCUT2D eigenvalue weighted by Gasteiger charge is 2.29. The number of rotatable bonds is 5. The molecule has 1 aromatic heterocycles. The first-order valence-electron chi connectivity index (χ1n) is 9.57. The van der Waals surface area contributed by atoms with Crippen LogP contribution in [0.4, 0.5) is 5.69 Å². The molecule has 4 rings (SSSR count). The Hall–Kier alpha value is -2.55. The van der Waals surface area contributed by atoms with E-state index in [-0.39, 0.29) is 16.4 Å². The van der Waals surface area contributed by atoms with Crippen molar-refractivity contribution >= 4 is 44.2 Å². The van der Waals surface area contributed by atoms with E-state index < -0.39 is 15.9 Å². The quantitative estimate of drug-likeness (QED) is 0.619. The number of benzene rings is 2. The van der Waals surface area contributed by atoms with Gasteiger partial charge in [0.2, 0.25) is 10.0 Å². The summed E-state index contributed by atoms with van der Waals surface area (Å²) in [5, 5.41) is 3.94. The number of nitrogens with zero attached hydrogens (tertiary/aromatic N) is 1. The third-order valence-electron chi connectivity index (χ3n) is 5.06. The second kappa shape index (κ2) is 8.29. The molecule has 1 fully saturated rings. The van der Waals surface area contributed by atoms with Gasteiger partial charge in [0.1, 0.15) is 16.2 Å². The van der Waals surface area contributed by atoms with Crippen LogP contribution in [0.25, 0.3) is 11.0 Å². The van der Waals surface area contributed by atoms with Gasteiger partial charge in [-0.15, -0.1) is 0 Å². The fourth-order valence-electron chi connectivity index (χ4n) is 3.52. The molecule has 0 radical (unpaired) electrons. The van der Waals surface area contributed by atoms with E-state index in [0.29, 0.717) is 34.8 Å². The van der Waals surface area contributed by atoms with Gasteiger partial charge in [0.05, 0.1) is 7.11 Å². The standard InChI is InChI=1S/C21H21ClN2O5S/c1-28-18-8-6-16(13-20(18)30(26,27)24-9-3-2-4-10-24)23-21(25)19-12-14-11-15(22)5-7-17(14)29-19/h5-8,11-13H,2-4,9-10H2,1H3,(H,23,25). The molecule has 0 atom stereocenters. The van der Waals surface area contributed by atoms with Gasteiger partial charge in [-0.2, -0.15) is 4.31 Å². The normalized spacial score (nSPS) is 15.3. The van der Waals surface area contributed by atoms with Crippen molar-refractivity contribution in [1.82, 2.24) is 4.31 Å². The number of fused-ring (bicyclic) bond motifs is 1. The van der Waals surface area contributed by atoms with Crippen LogP contribution in [0.2, 0.25) is 5.02 Å². The van der Waals surface area contributed by atoms with Crippen molar-refractivity contribution in [3.8, 4) is 5.75 Å². The Kier molecular flexibility index (Phi) is 5.73. The van der Waals surface area contributed by atoms with Crippen molar-refractivity contribution in [3.63, 3.8) is 0 Å². The Morgan fingerprint density at radius 2 is 1.87 bits per heavy atom. The number of carbonyl (C=O) groups excluding carboxylic acids is 1. The summed E-state index contributed by atoms with van der Waals surface area (Å²) in [6.45, 7) is 0.952. The molecule has 3 aromatic rings. The van der Waals surface area contributed by atoms with Gasteiger partial charge < -0.3 is 14.5 Å². The zero-order valence-electron chi connectivity index (χ0n) is 16.4. The van der Waals surface area contributed by atoms with Gasteiger partial charge in [0.15, 0.2) is 5.76 Å². The number of amides is 1. The van der Waals surface area contributed by atoms with Crippen LogP contribution in [0.3, 0.4) is 0 Å². The van der Waals surface area contributed by atoms with E-state index in [1.807, 2.05) is 0 Å². The van der Waals surface area contributed by atoms with Crippen molar-refractivity contribution < 1.29 is 22.4 Å². The Balaban J connectivity index is 1.62. The Bertz CT molecular complexity index is 1200. The molecule has 0 spiro atoms. The van der Waals surface area contributed by atoms with Gasteiger partial charge in [0, 0.05) is 29.2 Å². The minimum Gasteiger partial charge on any atom is -0.495 e. The maximum absolute atomic E-state index is 13.1. The van der Waals surface area contributed by atoms with Gasteiger partial charge in [-0.1, -0.05) is 18.0 Å². The second-order valence-electron chi connectivity index (χ2n) is 7.08. The van der Waals surface area contributed by atoms with Crippen LogP contribution in [0.5, 0.6) is 5.75 Å². The van der Waals surface area contributed by atoms with Crippen LogP contribution in [-0.4, -0.2) is 38.8 Å². The summed E-state index contributed by atoms with van der Waals surface area (Å²) in [5.74, 6) is -0.158. The number of nitrogens with one attached hydrogen (secondary N) is 1. The number of sulfonamides is 1. The second-order valence-corrected chi connectivity index (χ2v) is 9.42. The third-order valence-corrected chi connectivity index (χ3v) is 7.21. The van der Waals surface area contributed by atoms with Crippen LogP contribution in [0, 0.1) is 0 Å². The Morgan fingerprint density at radius 1 is 1.10 bits per heavy atom. The lowest BCUT2D eigenvalue weighted by atomic mass is 10.2. The minimum atomic E-state index is -3.73. The van der Waals surface area contributed by atoms with Gasteiger partial charge in [-0.3, -0.25) is 4.79 Å². The van der Waals surface area contributed by atoms with Crippen molar-refractivity contribution in [2.75, 3.05) is 25.5 Å². The molecular weight excluding hydrogens is 428 g/mol. The molecule has 0 saturated carbocycles. The Labute approximate surface area is 179 Å². The lowest BCUT2D eigenvalue weighted by Crippen LogP contribution is -2.35. The maximum atomic E-state index is 13.1. The smallest absolute Gasteiger partial charge is 0.291 e. The number of piperidine rings is 1. The molecule has 1 saturated heterocycles. The topological polar surface area (TPSA) is 88.8 Å². The number of anilines is 1. The summed E-state index contributed by atoms with van der Waals surface area (Å²) in [5.41, 5.74) is 0.863. The minimum absolute atomic E-state index is 0.0288. The molecule has 9 heteroatoms. The van der Waals surface area contributed by atoms with E-state index in [4.69, 9.17) is 20.8 Å². The first kappa shape index (κ1) is 20.7. The van der Waals surface area contributed by atoms with Gasteiger partial charge in [0.25, 0.3) is 5.91 Å². The molecule has 1 N–H and O–H groups in total. The molecule has 1 amide bonds. The predicted octanol–water partition coefficient (Wildman–Crippen LogP) is 4.52. The number of methoxy groups -OCH3 is 1. The summed E-state index contributed by atoms with van der Waals surface area (Å²) in [7, 11) is -2.32. The average Bonchev–Trinajstić information content (AvgIpc) is 3.17. The molecule has 158 valence electrons. The molecule has 30 heavy (non-hydrogen) atoms. The highest BCUT2D eigenvalue weighted by atomic mass is 35.5. The highest BCUT2D eigenvalue weighted by Crippen LogP contribution is 2.31. The van der Waals surface area contributed by atoms with E-state index in [1.165, 1.54) is 23.5 Å². The van der Waals surface area contributed by atoms with E-state index >= 15 is 0 Å². The molecule has 1 aliphatic rings. The van der Waals surface area contributed by atoms with Crippen molar-refractivity contribution in [2.45, 2.75) is 24.2 Å². The number of ether oxygens (including phenoxy) is 1. The first-order chi connectivity index (χ1) is 14.4. The SMILES string of the molecule is COc1ccc(NC(=O)c2cc3cc(Cl)ccc3o2)cc1S(=O)(=O)N1CCCCC1. The van der Waals surface area contributed by atoms with Gasteiger partial charge in [-0.25, -0.2) is 8.42 Å². The fraction of sp³-hybridized carbons (Fsp3) is 0.286. The molecule has 0 bridgehead atoms. The summed E-state index contributed by atoms with van der Waals surface area (Å²) in [6.07, 6.45) is 2.67. The molecule has 0 unspecified atom stereocenters. The molecular formula is C21H21ClN2O5S. The molecule has 0 aliphatic carbocycles. The lowest BCUT2D eigenvalue weighted by Gasteiger charge is -2.26. The fourth-order valence-corrected chi connectivity index (χ4v) is 5.40. The summed E-state index contributed by atoms with van der Waals surface area (Å²) >= 11 is 5.98. The van der Waals surface area contributed by atoms with E-state index in [0.717, 1.165) is 19.3 Å². The number of furan rings is 1. The highest BCUT2D eigenvalue weighted by molar-refractivity contribution is 7.89. The van der Waals surface area contributed by atoms with E-state index in [9.17, 15) is 13.2 Å². The zero-order valence-corrected chi connectivity index (χ0v) is 17.9. The summed E-state index contributed by atoms with van der Waals surface area (Å²) in [6, 6.07) is 11.2. The number of halogens is 1. The number of carbonyl (C=O) groups is 1. The van der Waals surface area contributed by atoms with Crippen molar-refractivity contribution in [1.29, 1.82) is 0 Å². The van der Waals surface area contributed by atoms with Crippen LogP contribution in [0.1, 0.15) is 29.8 Å². The van der Waals surface area contributed by atoms with Crippen molar-refractivity contribution in [2.24, 2.45) is 0 Å². The average molecular weight is 449 g/mol. The summed E-state index contributed by atoms with van der Waals surface area (Å²) in [4.78, 5) is 12.7. The van der Waals surface area contributed by atoms with Crippen LogP contribution in [0.15, 0.2) is 51.8 Å². The predicted molar refractivity (Wildman–Crippen MR) is 115 cm³/mol. The van der Waals surface area contributed by atoms with Crippen LogP contribution >= 0.6 is 11.6 Å². The Morgan fingerprint density at radius 3 is 2.60 bits per heavy atom. The van der Waals surface area contributed by atoms with E-state index in [2.05, 4.69) is 5.32 Å². The number of hydrogen-bond donors (Lipinski definition) is 1. The van der Waals surface area contributed by atoms with Gasteiger partial charge >= 0.3 is 0 Å².